The van der Waals surface area contributed by atoms with Crippen LogP contribution in [0.15, 0.2) is 53.4 Å². The van der Waals surface area contributed by atoms with Gasteiger partial charge >= 0.3 is 10.1 Å². The molecule has 0 aromatic heterocycles. The highest BCUT2D eigenvalue weighted by Gasteiger charge is 2.16. The summed E-state index contributed by atoms with van der Waals surface area (Å²) in [5.74, 6) is 0.867. The average molecular weight is 336 g/mol. The van der Waals surface area contributed by atoms with Crippen molar-refractivity contribution in [1.29, 1.82) is 0 Å². The summed E-state index contributed by atoms with van der Waals surface area (Å²) in [4.78, 5) is 0.0789. The maximum atomic E-state index is 12.2. The number of hydrogen-bond donors (Lipinski definition) is 0. The highest BCUT2D eigenvalue weighted by atomic mass is 32.2. The molecule has 0 heterocycles. The van der Waals surface area contributed by atoms with Gasteiger partial charge in [0.2, 0.25) is 0 Å². The minimum absolute atomic E-state index is 0.0789. The van der Waals surface area contributed by atoms with Gasteiger partial charge in [-0.25, -0.2) is 0 Å². The quantitative estimate of drug-likeness (QED) is 0.547. The van der Waals surface area contributed by atoms with Crippen LogP contribution >= 0.6 is 0 Å². The van der Waals surface area contributed by atoms with Gasteiger partial charge in [-0.1, -0.05) is 17.7 Å². The van der Waals surface area contributed by atoms with Crippen molar-refractivity contribution < 1.29 is 22.1 Å². The lowest BCUT2D eigenvalue weighted by Gasteiger charge is -2.09. The maximum absolute atomic E-state index is 12.2. The average Bonchev–Trinajstić information content (AvgIpc) is 2.54. The highest BCUT2D eigenvalue weighted by molar-refractivity contribution is 7.87. The number of hydrogen-bond acceptors (Lipinski definition) is 5. The van der Waals surface area contributed by atoms with E-state index in [2.05, 4.69) is 0 Å². The third-order valence-corrected chi connectivity index (χ3v) is 4.30. The summed E-state index contributed by atoms with van der Waals surface area (Å²) in [6.45, 7) is 5.38. The molecule has 0 amide bonds. The van der Waals surface area contributed by atoms with Crippen molar-refractivity contribution in [3.8, 4) is 11.5 Å². The molecule has 2 rings (SSSR count). The molecule has 0 bridgehead atoms. The van der Waals surface area contributed by atoms with E-state index in [1.54, 1.807) is 36.4 Å². The lowest BCUT2D eigenvalue weighted by molar-refractivity contribution is 0.110. The summed E-state index contributed by atoms with van der Waals surface area (Å²) in [6.07, 6.45) is 0. The van der Waals surface area contributed by atoms with Crippen LogP contribution in [0.4, 0.5) is 0 Å². The molecule has 0 aliphatic heterocycles. The number of aryl methyl sites for hydroxylation is 1. The molecule has 2 aromatic rings. The zero-order valence-electron chi connectivity index (χ0n) is 13.2. The van der Waals surface area contributed by atoms with E-state index in [-0.39, 0.29) is 10.6 Å². The Morgan fingerprint density at radius 2 is 1.48 bits per heavy atom. The molecular weight excluding hydrogens is 316 g/mol. The van der Waals surface area contributed by atoms with Gasteiger partial charge in [0, 0.05) is 6.61 Å². The fourth-order valence-corrected chi connectivity index (χ4v) is 2.76. The topological polar surface area (TPSA) is 61.8 Å². The molecule has 0 spiro atoms. The van der Waals surface area contributed by atoms with E-state index >= 15 is 0 Å². The van der Waals surface area contributed by atoms with E-state index in [1.807, 2.05) is 13.8 Å². The predicted molar refractivity (Wildman–Crippen MR) is 87.4 cm³/mol. The largest absolute Gasteiger partial charge is 0.491 e. The number of benzene rings is 2. The van der Waals surface area contributed by atoms with Gasteiger partial charge in [0.25, 0.3) is 0 Å². The van der Waals surface area contributed by atoms with Crippen LogP contribution in [0.3, 0.4) is 0 Å². The van der Waals surface area contributed by atoms with Gasteiger partial charge in [0.15, 0.2) is 0 Å². The van der Waals surface area contributed by atoms with E-state index < -0.39 is 10.1 Å². The molecule has 0 fully saturated rings. The minimum Gasteiger partial charge on any atom is -0.491 e. The molecule has 0 saturated heterocycles. The Kier molecular flexibility index (Phi) is 6.01. The van der Waals surface area contributed by atoms with Crippen LogP contribution in [0, 0.1) is 6.92 Å². The zero-order chi connectivity index (χ0) is 16.7. The van der Waals surface area contributed by atoms with Crippen molar-refractivity contribution in [3.05, 3.63) is 54.1 Å². The van der Waals surface area contributed by atoms with Gasteiger partial charge in [-0.15, -0.1) is 0 Å². The van der Waals surface area contributed by atoms with Crippen LogP contribution in [-0.2, 0) is 14.9 Å². The highest BCUT2D eigenvalue weighted by Crippen LogP contribution is 2.21. The molecule has 124 valence electrons. The van der Waals surface area contributed by atoms with Gasteiger partial charge in [0.05, 0.1) is 6.61 Å². The molecule has 0 radical (unpaired) electrons. The third-order valence-electron chi connectivity index (χ3n) is 3.04. The third kappa shape index (κ3) is 5.26. The molecule has 0 unspecified atom stereocenters. The smallest absolute Gasteiger partial charge is 0.339 e. The molecule has 2 aromatic carbocycles. The maximum Gasteiger partial charge on any atom is 0.339 e. The number of rotatable bonds is 8. The van der Waals surface area contributed by atoms with Crippen LogP contribution in [0.1, 0.15) is 12.5 Å². The minimum atomic E-state index is -3.85. The molecule has 6 heteroatoms. The molecule has 0 atom stereocenters. The summed E-state index contributed by atoms with van der Waals surface area (Å²) in [6, 6.07) is 12.9. The molecule has 0 N–H and O–H groups in total. The van der Waals surface area contributed by atoms with Crippen molar-refractivity contribution in [3.63, 3.8) is 0 Å². The van der Waals surface area contributed by atoms with Gasteiger partial charge in [-0.2, -0.15) is 8.42 Å². The van der Waals surface area contributed by atoms with E-state index in [1.165, 1.54) is 12.1 Å². The second kappa shape index (κ2) is 7.99. The van der Waals surface area contributed by atoms with Crippen molar-refractivity contribution in [2.45, 2.75) is 18.7 Å². The predicted octanol–water partition coefficient (Wildman–Crippen LogP) is 3.18. The second-order valence-corrected chi connectivity index (χ2v) is 6.41. The standard InChI is InChI=1S/C17H20O5S/c1-3-20-12-13-21-15-8-10-17(11-9-15)23(18,19)22-16-6-4-14(2)5-7-16/h4-11H,3,12-13H2,1-2H3. The second-order valence-electron chi connectivity index (χ2n) is 4.87. The molecular formula is C17H20O5S. The monoisotopic (exact) mass is 336 g/mol. The zero-order valence-corrected chi connectivity index (χ0v) is 14.0. The van der Waals surface area contributed by atoms with Crippen molar-refractivity contribution >= 4 is 10.1 Å². The first kappa shape index (κ1) is 17.3. The van der Waals surface area contributed by atoms with Crippen LogP contribution in [0.2, 0.25) is 0 Å². The molecule has 5 nitrogen and oxygen atoms in total. The lowest BCUT2D eigenvalue weighted by Crippen LogP contribution is -2.10. The molecule has 0 saturated carbocycles. The Balaban J connectivity index is 2.01. The van der Waals surface area contributed by atoms with E-state index in [0.29, 0.717) is 25.6 Å². The first-order chi connectivity index (χ1) is 11.0. The van der Waals surface area contributed by atoms with Gasteiger partial charge in [-0.3, -0.25) is 0 Å². The normalized spacial score (nSPS) is 11.2. The fourth-order valence-electron chi connectivity index (χ4n) is 1.83. The Labute approximate surface area is 136 Å². The molecule has 0 aliphatic carbocycles. The summed E-state index contributed by atoms with van der Waals surface area (Å²) >= 11 is 0. The SMILES string of the molecule is CCOCCOc1ccc(S(=O)(=O)Oc2ccc(C)cc2)cc1. The van der Waals surface area contributed by atoms with Gasteiger partial charge in [-0.05, 0) is 50.2 Å². The first-order valence-electron chi connectivity index (χ1n) is 7.33. The Morgan fingerprint density at radius 1 is 0.870 bits per heavy atom. The summed E-state index contributed by atoms with van der Waals surface area (Å²) in [7, 11) is -3.85. The van der Waals surface area contributed by atoms with Crippen LogP contribution in [0.25, 0.3) is 0 Å². The van der Waals surface area contributed by atoms with E-state index in [9.17, 15) is 8.42 Å². The fraction of sp³-hybridized carbons (Fsp3) is 0.294. The van der Waals surface area contributed by atoms with E-state index in [4.69, 9.17) is 13.7 Å². The Morgan fingerprint density at radius 3 is 2.09 bits per heavy atom. The number of ether oxygens (including phenoxy) is 2. The van der Waals surface area contributed by atoms with Gasteiger partial charge in [0.1, 0.15) is 23.0 Å². The first-order valence-corrected chi connectivity index (χ1v) is 8.74. The van der Waals surface area contributed by atoms with Crippen molar-refractivity contribution in [2.24, 2.45) is 0 Å². The van der Waals surface area contributed by atoms with Crippen molar-refractivity contribution in [2.75, 3.05) is 19.8 Å². The van der Waals surface area contributed by atoms with Crippen LogP contribution in [0.5, 0.6) is 11.5 Å². The van der Waals surface area contributed by atoms with Gasteiger partial charge < -0.3 is 13.7 Å². The molecule has 23 heavy (non-hydrogen) atoms. The summed E-state index contributed by atoms with van der Waals surface area (Å²) in [5, 5.41) is 0. The van der Waals surface area contributed by atoms with Crippen LogP contribution < -0.4 is 8.92 Å². The van der Waals surface area contributed by atoms with Crippen LogP contribution in [-0.4, -0.2) is 28.2 Å². The molecule has 0 aliphatic rings. The lowest BCUT2D eigenvalue weighted by atomic mass is 10.2. The van der Waals surface area contributed by atoms with E-state index in [0.717, 1.165) is 5.56 Å². The Bertz CT molecular complexity index is 706. The Hall–Kier alpha value is -2.05. The van der Waals surface area contributed by atoms with Crippen molar-refractivity contribution in [1.82, 2.24) is 0 Å². The summed E-state index contributed by atoms with van der Waals surface area (Å²) < 4.78 is 40.1. The summed E-state index contributed by atoms with van der Waals surface area (Å²) in [5.41, 5.74) is 1.03.